The molecule has 1 saturated heterocycles. The molecule has 6 heteroatoms. The molecule has 1 aromatic heterocycles. The molecule has 0 aliphatic carbocycles. The topological polar surface area (TPSA) is 69.0 Å². The summed E-state index contributed by atoms with van der Waals surface area (Å²) in [5, 5.41) is 12.8. The van der Waals surface area contributed by atoms with Gasteiger partial charge in [-0.15, -0.1) is 11.3 Å². The van der Waals surface area contributed by atoms with Gasteiger partial charge in [-0.05, 0) is 37.6 Å². The molecule has 0 atom stereocenters. The average molecular weight is 388 g/mol. The Kier molecular flexibility index (Phi) is 5.20. The Balaban J connectivity index is 1.77. The van der Waals surface area contributed by atoms with Crippen molar-refractivity contribution in [1.29, 1.82) is 5.26 Å². The molecule has 0 spiro atoms. The van der Waals surface area contributed by atoms with E-state index in [9.17, 15) is 4.79 Å². The maximum absolute atomic E-state index is 13.0. The first-order valence-corrected chi connectivity index (χ1v) is 10.1. The summed E-state index contributed by atoms with van der Waals surface area (Å²) in [6, 6.07) is 17.7. The van der Waals surface area contributed by atoms with Crippen molar-refractivity contribution >= 4 is 17.2 Å². The van der Waals surface area contributed by atoms with Crippen LogP contribution >= 0.6 is 11.3 Å². The van der Waals surface area contributed by atoms with Gasteiger partial charge in [0.05, 0.1) is 28.9 Å². The quantitative estimate of drug-likeness (QED) is 0.735. The Morgan fingerprint density at radius 2 is 1.86 bits per heavy atom. The zero-order valence-corrected chi connectivity index (χ0v) is 16.4. The van der Waals surface area contributed by atoms with E-state index in [4.69, 9.17) is 10.2 Å². The summed E-state index contributed by atoms with van der Waals surface area (Å²) in [4.78, 5) is 20.5. The first-order valence-electron chi connectivity index (χ1n) is 9.24. The second-order valence-corrected chi connectivity index (χ2v) is 7.83. The lowest BCUT2D eigenvalue weighted by Crippen LogP contribution is -2.44. The molecule has 28 heavy (non-hydrogen) atoms. The van der Waals surface area contributed by atoms with Crippen LogP contribution in [0.2, 0.25) is 0 Å². The lowest BCUT2D eigenvalue weighted by Gasteiger charge is -2.26. The fourth-order valence-electron chi connectivity index (χ4n) is 3.21. The smallest absolute Gasteiger partial charge is 0.283 e. The third-order valence-corrected chi connectivity index (χ3v) is 5.88. The Morgan fingerprint density at radius 1 is 1.14 bits per heavy atom. The number of nitriles is 1. The number of rotatable bonds is 3. The summed E-state index contributed by atoms with van der Waals surface area (Å²) in [5.41, 5.74) is 4.52. The summed E-state index contributed by atoms with van der Waals surface area (Å²) in [5.74, 6) is -0.0366. The van der Waals surface area contributed by atoms with Gasteiger partial charge in [0, 0.05) is 12.1 Å². The number of aryl methyl sites for hydroxylation is 1. The van der Waals surface area contributed by atoms with Gasteiger partial charge in [-0.3, -0.25) is 10.1 Å². The zero-order valence-electron chi connectivity index (χ0n) is 15.6. The van der Waals surface area contributed by atoms with Crippen molar-refractivity contribution in [3.63, 3.8) is 0 Å². The Morgan fingerprint density at radius 3 is 2.50 bits per heavy atom. The van der Waals surface area contributed by atoms with Crippen molar-refractivity contribution in [2.24, 2.45) is 0 Å². The monoisotopic (exact) mass is 388 g/mol. The third kappa shape index (κ3) is 3.68. The first-order chi connectivity index (χ1) is 13.7. The number of nitrogens with one attached hydrogen (secondary N) is 1. The number of carbonyl (C=O) groups excluding carboxylic acids is 1. The Labute approximate surface area is 168 Å². The molecule has 0 saturated carbocycles. The number of carbonyl (C=O) groups is 1. The van der Waals surface area contributed by atoms with Crippen LogP contribution in [0.1, 0.15) is 27.3 Å². The van der Waals surface area contributed by atoms with E-state index in [0.29, 0.717) is 17.2 Å². The minimum absolute atomic E-state index is 0.0366. The van der Waals surface area contributed by atoms with Crippen molar-refractivity contribution in [3.8, 4) is 27.8 Å². The van der Waals surface area contributed by atoms with E-state index in [1.54, 1.807) is 12.1 Å². The lowest BCUT2D eigenvalue weighted by molar-refractivity contribution is 0.0711. The number of benzene rings is 2. The lowest BCUT2D eigenvalue weighted by atomic mass is 10.0. The minimum Gasteiger partial charge on any atom is -0.324 e. The van der Waals surface area contributed by atoms with Crippen LogP contribution in [0.3, 0.4) is 0 Å². The molecule has 4 rings (SSSR count). The molecule has 0 radical (unpaired) electrons. The van der Waals surface area contributed by atoms with E-state index < -0.39 is 0 Å². The SMILES string of the molecule is Cc1ccc(-c2sc(C(=O)N3CCCNC3)nc2-c2ccc(C#N)cc2)cc1. The molecule has 5 nitrogen and oxygen atoms in total. The van der Waals surface area contributed by atoms with Crippen LogP contribution in [0.25, 0.3) is 21.7 Å². The number of hydrogen-bond donors (Lipinski definition) is 1. The largest absolute Gasteiger partial charge is 0.324 e. The van der Waals surface area contributed by atoms with E-state index in [1.807, 2.05) is 17.0 Å². The van der Waals surface area contributed by atoms with Crippen LogP contribution in [0.15, 0.2) is 48.5 Å². The predicted molar refractivity (Wildman–Crippen MR) is 111 cm³/mol. The van der Waals surface area contributed by atoms with Crippen molar-refractivity contribution in [1.82, 2.24) is 15.2 Å². The van der Waals surface area contributed by atoms with Crippen molar-refractivity contribution in [3.05, 3.63) is 64.7 Å². The molecule has 140 valence electrons. The second-order valence-electron chi connectivity index (χ2n) is 6.83. The highest BCUT2D eigenvalue weighted by Gasteiger charge is 2.24. The van der Waals surface area contributed by atoms with Gasteiger partial charge < -0.3 is 4.90 Å². The van der Waals surface area contributed by atoms with Crippen molar-refractivity contribution in [2.45, 2.75) is 13.3 Å². The highest BCUT2D eigenvalue weighted by Crippen LogP contribution is 2.37. The first kappa shape index (κ1) is 18.4. The highest BCUT2D eigenvalue weighted by atomic mass is 32.1. The van der Waals surface area contributed by atoms with E-state index in [1.165, 1.54) is 16.9 Å². The van der Waals surface area contributed by atoms with E-state index in [-0.39, 0.29) is 5.91 Å². The summed E-state index contributed by atoms with van der Waals surface area (Å²) in [6.45, 7) is 4.30. The molecule has 1 aliphatic heterocycles. The fraction of sp³-hybridized carbons (Fsp3) is 0.227. The Bertz CT molecular complexity index is 1030. The van der Waals surface area contributed by atoms with Crippen LogP contribution in [0, 0.1) is 18.3 Å². The minimum atomic E-state index is -0.0366. The zero-order chi connectivity index (χ0) is 19.5. The Hall–Kier alpha value is -3.01. The molecule has 0 bridgehead atoms. The van der Waals surface area contributed by atoms with Crippen molar-refractivity contribution in [2.75, 3.05) is 19.8 Å². The van der Waals surface area contributed by atoms with Gasteiger partial charge in [0.25, 0.3) is 5.91 Å². The van der Waals surface area contributed by atoms with Crippen LogP contribution < -0.4 is 5.32 Å². The molecule has 1 aliphatic rings. The fourth-order valence-corrected chi connectivity index (χ4v) is 4.27. The van der Waals surface area contributed by atoms with Gasteiger partial charge in [-0.2, -0.15) is 5.26 Å². The number of aromatic nitrogens is 1. The highest BCUT2D eigenvalue weighted by molar-refractivity contribution is 7.17. The summed E-state index contributed by atoms with van der Waals surface area (Å²) in [6.07, 6.45) is 0.949. The molecule has 1 N–H and O–H groups in total. The maximum Gasteiger partial charge on any atom is 0.283 e. The second kappa shape index (κ2) is 7.93. The molecule has 1 fully saturated rings. The van der Waals surface area contributed by atoms with Crippen molar-refractivity contribution < 1.29 is 4.79 Å². The summed E-state index contributed by atoms with van der Waals surface area (Å²) >= 11 is 1.43. The number of hydrogen-bond acceptors (Lipinski definition) is 5. The number of nitrogens with zero attached hydrogens (tertiary/aromatic N) is 3. The maximum atomic E-state index is 13.0. The van der Waals surface area contributed by atoms with Gasteiger partial charge in [0.15, 0.2) is 5.01 Å². The molecular weight excluding hydrogens is 368 g/mol. The van der Waals surface area contributed by atoms with E-state index in [2.05, 4.69) is 42.6 Å². The van der Waals surface area contributed by atoms with E-state index in [0.717, 1.165) is 41.2 Å². The number of thiazole rings is 1. The van der Waals surface area contributed by atoms with Gasteiger partial charge in [-0.25, -0.2) is 4.98 Å². The standard InChI is InChI=1S/C22H20N4OS/c1-15-3-7-18(8-4-15)20-19(17-9-5-16(13-23)6-10-17)25-21(28-20)22(27)26-12-2-11-24-14-26/h3-10,24H,2,11-12,14H2,1H3. The van der Waals surface area contributed by atoms with Crippen LogP contribution in [0.5, 0.6) is 0 Å². The molecule has 3 aromatic rings. The molecule has 2 heterocycles. The predicted octanol–water partition coefficient (Wildman–Crippen LogP) is 4.05. The van der Waals surface area contributed by atoms with Crippen LogP contribution in [-0.4, -0.2) is 35.5 Å². The third-order valence-electron chi connectivity index (χ3n) is 4.78. The number of amides is 1. The molecule has 0 unspecified atom stereocenters. The van der Waals surface area contributed by atoms with Gasteiger partial charge >= 0.3 is 0 Å². The van der Waals surface area contributed by atoms with Gasteiger partial charge in [-0.1, -0.05) is 42.0 Å². The molecule has 2 aromatic carbocycles. The average Bonchev–Trinajstić information content (AvgIpc) is 3.20. The summed E-state index contributed by atoms with van der Waals surface area (Å²) in [7, 11) is 0. The van der Waals surface area contributed by atoms with Gasteiger partial charge in [0.1, 0.15) is 0 Å². The van der Waals surface area contributed by atoms with Crippen LogP contribution in [-0.2, 0) is 0 Å². The summed E-state index contributed by atoms with van der Waals surface area (Å²) < 4.78 is 0. The molecular formula is C22H20N4OS. The van der Waals surface area contributed by atoms with E-state index >= 15 is 0 Å². The van der Waals surface area contributed by atoms with Crippen LogP contribution in [0.4, 0.5) is 0 Å². The molecule has 1 amide bonds. The van der Waals surface area contributed by atoms with Gasteiger partial charge in [0.2, 0.25) is 0 Å². The normalized spacial score (nSPS) is 13.9.